The summed E-state index contributed by atoms with van der Waals surface area (Å²) in [6.07, 6.45) is 12.6. The number of ketones is 2. The zero-order valence-electron chi connectivity index (χ0n) is 82.5. The maximum atomic E-state index is 15.3. The van der Waals surface area contributed by atoms with Crippen molar-refractivity contribution in [3.8, 4) is 80.5 Å². The second-order valence-electron chi connectivity index (χ2n) is 33.4. The fraction of sp³-hybridized carbons (Fsp3) is 0.217. The first kappa shape index (κ1) is 109. The molecule has 0 atom stereocenters. The van der Waals surface area contributed by atoms with Gasteiger partial charge in [0.25, 0.3) is 0 Å². The van der Waals surface area contributed by atoms with Crippen LogP contribution in [0.4, 0.5) is 0 Å². The highest BCUT2D eigenvalue weighted by Crippen LogP contribution is 2.47. The lowest BCUT2D eigenvalue weighted by atomic mass is 9.85. The van der Waals surface area contributed by atoms with Gasteiger partial charge in [-0.1, -0.05) is 128 Å². The number of esters is 10. The Balaban J connectivity index is 1.14. The van der Waals surface area contributed by atoms with E-state index in [-0.39, 0.29) is 152 Å². The molecule has 0 bridgehead atoms. The Bertz CT molecular complexity index is 6320. The number of benzene rings is 12. The van der Waals surface area contributed by atoms with E-state index in [0.29, 0.717) is 97.7 Å². The predicted molar refractivity (Wildman–Crippen MR) is 553 cm³/mol. The Hall–Kier alpha value is -17.8. The molecule has 0 aliphatic heterocycles. The third-order valence-electron chi connectivity index (χ3n) is 22.4. The van der Waals surface area contributed by atoms with E-state index in [4.69, 9.17) is 75.8 Å². The van der Waals surface area contributed by atoms with Gasteiger partial charge >= 0.3 is 59.7 Å². The molecule has 12 rings (SSSR count). The van der Waals surface area contributed by atoms with Crippen molar-refractivity contribution in [2.45, 2.75) is 118 Å². The smallest absolute Gasteiger partial charge is 0.343 e. The Morgan fingerprint density at radius 1 is 0.203 bits per heavy atom. The van der Waals surface area contributed by atoms with Crippen molar-refractivity contribution in [1.29, 1.82) is 0 Å². The molecule has 148 heavy (non-hydrogen) atoms. The Labute approximate surface area is 857 Å². The molecule has 12 aromatic carbocycles. The molecule has 0 saturated heterocycles. The van der Waals surface area contributed by atoms with Crippen LogP contribution in [-0.4, -0.2) is 124 Å². The van der Waals surface area contributed by atoms with Crippen molar-refractivity contribution in [1.82, 2.24) is 0 Å². The summed E-state index contributed by atoms with van der Waals surface area (Å²) in [6, 6.07) is 64.9. The highest BCUT2D eigenvalue weighted by Gasteiger charge is 2.30. The molecule has 12 aromatic rings. The summed E-state index contributed by atoms with van der Waals surface area (Å²) in [5.74, 6) is -10.2. The molecular weight excluding hydrogens is 1890 g/mol. The van der Waals surface area contributed by atoms with Crippen LogP contribution in [0.1, 0.15) is 221 Å². The standard InChI is InChI=1S/C120H112O28/c1-9-17-65-133-95-49-37-85(38-50-95)117(129)145-105-75-89(45-61-101(105)141-113(125)81-29-25-79(26-30-81)73-93(121)13-5)111(91-47-63-103(107(77-91)147-119(131)87-41-53-97(54-42-87)135-67-19-11-3)143-115(127)83-33-57-99(58-34-83)137-69-21-23-71-139-109(123)15-7)112(90-46-62-102(142-114(126)82-31-27-80(28-32-82)74-94(122)14-6)106(76-90)146-118(130)86-39-51-96(52-40-86)134-66-18-10-2)92-48-64-104(108(78-92)148-120(132)88-43-55-98(56-44-88)136-68-20-12-4)144-116(128)84-35-59-100(60-36-84)138-70-22-24-72-140-110(124)16-8/h13-16,25-64,75-78H,5-12,17-24,65-74H2,1-4H3/b112-111-. The topological polar surface area (TPSA) is 353 Å². The van der Waals surface area contributed by atoms with E-state index < -0.39 is 82.7 Å². The molecule has 0 fully saturated rings. The van der Waals surface area contributed by atoms with E-state index in [1.165, 1.54) is 206 Å². The van der Waals surface area contributed by atoms with Gasteiger partial charge in [-0.15, -0.1) is 0 Å². The molecule has 0 heterocycles. The lowest BCUT2D eigenvalue weighted by Gasteiger charge is -2.22. The summed E-state index contributed by atoms with van der Waals surface area (Å²) in [6.45, 7) is 24.2. The number of ether oxygens (including phenoxy) is 16. The average molecular weight is 2000 g/mol. The van der Waals surface area contributed by atoms with Crippen molar-refractivity contribution in [2.75, 3.05) is 52.9 Å². The minimum atomic E-state index is -0.994. The van der Waals surface area contributed by atoms with Crippen LogP contribution in [0, 0.1) is 0 Å². The fourth-order valence-electron chi connectivity index (χ4n) is 14.3. The van der Waals surface area contributed by atoms with Crippen molar-refractivity contribution in [3.63, 3.8) is 0 Å². The molecule has 28 nitrogen and oxygen atoms in total. The van der Waals surface area contributed by atoms with Gasteiger partial charge in [0.2, 0.25) is 0 Å². The minimum absolute atomic E-state index is 0.00127. The van der Waals surface area contributed by atoms with Gasteiger partial charge in [-0.25, -0.2) is 47.9 Å². The number of hydrogen-bond donors (Lipinski definition) is 0. The summed E-state index contributed by atoms with van der Waals surface area (Å²) in [5.41, 5.74) is 0.901. The van der Waals surface area contributed by atoms with E-state index in [0.717, 1.165) is 63.5 Å². The van der Waals surface area contributed by atoms with Gasteiger partial charge in [-0.05, 0) is 326 Å². The van der Waals surface area contributed by atoms with Gasteiger partial charge in [0.1, 0.15) is 34.5 Å². The lowest BCUT2D eigenvalue weighted by molar-refractivity contribution is -0.138. The highest BCUT2D eigenvalue weighted by atomic mass is 16.6. The molecule has 0 unspecified atom stereocenters. The second kappa shape index (κ2) is 56.3. The van der Waals surface area contributed by atoms with Crippen LogP contribution in [-0.2, 0) is 41.5 Å². The largest absolute Gasteiger partial charge is 0.494 e. The Kier molecular flexibility index (Phi) is 41.5. The van der Waals surface area contributed by atoms with E-state index in [2.05, 4.69) is 26.3 Å². The molecule has 0 aromatic heterocycles. The van der Waals surface area contributed by atoms with Crippen LogP contribution >= 0.6 is 0 Å². The molecule has 760 valence electrons. The first-order valence-corrected chi connectivity index (χ1v) is 48.5. The average Bonchev–Trinajstić information content (AvgIpc) is 0.755. The zero-order chi connectivity index (χ0) is 105. The fourth-order valence-corrected chi connectivity index (χ4v) is 14.3. The summed E-state index contributed by atoms with van der Waals surface area (Å²) in [7, 11) is 0. The number of unbranched alkanes of at least 4 members (excludes halogenated alkanes) is 6. The summed E-state index contributed by atoms with van der Waals surface area (Å²) in [5, 5.41) is 0. The quantitative estimate of drug-likeness (QED) is 0.0112. The monoisotopic (exact) mass is 2000 g/mol. The van der Waals surface area contributed by atoms with Crippen LogP contribution in [0.5, 0.6) is 80.5 Å². The van der Waals surface area contributed by atoms with Crippen LogP contribution in [0.3, 0.4) is 0 Å². The van der Waals surface area contributed by atoms with Crippen LogP contribution in [0.2, 0.25) is 0 Å². The van der Waals surface area contributed by atoms with E-state index in [9.17, 15) is 38.4 Å². The molecule has 0 N–H and O–H groups in total. The third kappa shape index (κ3) is 32.6. The summed E-state index contributed by atoms with van der Waals surface area (Å²) >= 11 is 0. The summed E-state index contributed by atoms with van der Waals surface area (Å²) in [4.78, 5) is 169. The predicted octanol–water partition coefficient (Wildman–Crippen LogP) is 23.5. The maximum Gasteiger partial charge on any atom is 0.343 e. The van der Waals surface area contributed by atoms with Gasteiger partial charge in [0.15, 0.2) is 57.6 Å². The molecule has 0 aliphatic carbocycles. The van der Waals surface area contributed by atoms with Crippen molar-refractivity contribution < 1.29 is 133 Å². The van der Waals surface area contributed by atoms with Crippen molar-refractivity contribution in [3.05, 3.63) is 395 Å². The van der Waals surface area contributed by atoms with Gasteiger partial charge in [0.05, 0.1) is 97.4 Å². The van der Waals surface area contributed by atoms with E-state index >= 15 is 19.2 Å². The highest BCUT2D eigenvalue weighted by molar-refractivity contribution is 6.08. The minimum Gasteiger partial charge on any atom is -0.494 e. The summed E-state index contributed by atoms with van der Waals surface area (Å²) < 4.78 is 97.3. The molecule has 0 amide bonds. The van der Waals surface area contributed by atoms with Gasteiger partial charge in [0, 0.05) is 25.0 Å². The van der Waals surface area contributed by atoms with Gasteiger partial charge in [-0.3, -0.25) is 9.59 Å². The molecular formula is C120H112O28. The van der Waals surface area contributed by atoms with E-state index in [1.54, 1.807) is 72.8 Å². The zero-order valence-corrected chi connectivity index (χ0v) is 82.5. The number of carbonyl (C=O) groups is 12. The van der Waals surface area contributed by atoms with Crippen LogP contribution in [0.15, 0.2) is 318 Å². The normalized spacial score (nSPS) is 10.9. The third-order valence-corrected chi connectivity index (χ3v) is 22.4. The Morgan fingerprint density at radius 3 is 0.568 bits per heavy atom. The molecule has 0 spiro atoms. The first-order valence-electron chi connectivity index (χ1n) is 48.5. The van der Waals surface area contributed by atoms with Crippen molar-refractivity contribution >= 4 is 82.4 Å². The number of rotatable bonds is 56. The molecule has 0 saturated carbocycles. The molecule has 0 aliphatic rings. The van der Waals surface area contributed by atoms with Crippen molar-refractivity contribution in [2.24, 2.45) is 0 Å². The SMILES string of the molecule is C=CC(=O)Cc1ccc(C(=O)Oc2ccc(/C(=C(\c3ccc(OC(=O)c4ccc(CC(=O)C=C)cc4)c(OC(=O)c4ccc(OCCCC)cc4)c3)c3ccc(OC(=O)c4ccc(OCCCCOC(=O)C=C)cc4)c(OC(=O)c4ccc(OCCCC)cc4)c3)c3ccc(OC(=O)c4ccc(OCCCCOC(=O)C=C)cc4)c(OC(=O)c4ccc(OCCCC)cc4)c3)cc2OC(=O)c2ccc(OCCCC)cc2)cc1. The number of hydrogen-bond acceptors (Lipinski definition) is 28. The van der Waals surface area contributed by atoms with Gasteiger partial charge in [-0.2, -0.15) is 0 Å². The van der Waals surface area contributed by atoms with Crippen LogP contribution in [0.25, 0.3) is 11.1 Å². The Morgan fingerprint density at radius 2 is 0.378 bits per heavy atom. The number of carbonyl (C=O) groups excluding carboxylic acids is 12. The second-order valence-corrected chi connectivity index (χ2v) is 33.4. The van der Waals surface area contributed by atoms with Crippen LogP contribution < -0.4 is 66.3 Å². The maximum absolute atomic E-state index is 15.3. The van der Waals surface area contributed by atoms with E-state index in [1.807, 2.05) is 27.7 Å². The molecule has 0 radical (unpaired) electrons. The molecule has 28 heteroatoms. The number of allylic oxidation sites excluding steroid dienone is 2. The lowest BCUT2D eigenvalue weighted by Crippen LogP contribution is -2.14. The first-order chi connectivity index (χ1) is 71.9. The van der Waals surface area contributed by atoms with Gasteiger partial charge < -0.3 is 75.8 Å².